The van der Waals surface area contributed by atoms with E-state index in [2.05, 4.69) is 10.3 Å². The molecule has 4 N–H and O–H groups in total. The number of rotatable bonds is 6. The van der Waals surface area contributed by atoms with Gasteiger partial charge in [0.15, 0.2) is 6.10 Å². The van der Waals surface area contributed by atoms with E-state index in [-0.39, 0.29) is 6.42 Å². The smallest absolute Gasteiger partial charge is 0.326 e. The molecule has 2 atom stereocenters. The number of fused-ring (bicyclic) bond motifs is 1. The molecule has 3 rings (SSSR count). The van der Waals surface area contributed by atoms with E-state index in [0.717, 1.165) is 16.5 Å². The lowest BCUT2D eigenvalue weighted by molar-refractivity contribution is -0.143. The van der Waals surface area contributed by atoms with Crippen molar-refractivity contribution in [2.24, 2.45) is 0 Å². The SMILES string of the molecule is O=C(O)[C@H](Cc1c[nH]c2ccccc12)NC(=O)[C@@H](O)c1ccccc1. The van der Waals surface area contributed by atoms with Crippen molar-refractivity contribution < 1.29 is 19.8 Å². The van der Waals surface area contributed by atoms with Gasteiger partial charge in [-0.15, -0.1) is 0 Å². The molecule has 0 aliphatic rings. The van der Waals surface area contributed by atoms with Crippen LogP contribution < -0.4 is 5.32 Å². The monoisotopic (exact) mass is 338 g/mol. The third-order valence-electron chi connectivity index (χ3n) is 4.08. The van der Waals surface area contributed by atoms with Crippen LogP contribution in [-0.4, -0.2) is 33.1 Å². The van der Waals surface area contributed by atoms with Gasteiger partial charge in [0.2, 0.25) is 0 Å². The summed E-state index contributed by atoms with van der Waals surface area (Å²) < 4.78 is 0. The topological polar surface area (TPSA) is 102 Å². The van der Waals surface area contributed by atoms with Crippen LogP contribution in [0.1, 0.15) is 17.2 Å². The summed E-state index contributed by atoms with van der Waals surface area (Å²) in [5, 5.41) is 22.9. The molecule has 3 aromatic rings. The number of benzene rings is 2. The third-order valence-corrected chi connectivity index (χ3v) is 4.08. The average Bonchev–Trinajstić information content (AvgIpc) is 3.04. The van der Waals surface area contributed by atoms with E-state index >= 15 is 0 Å². The van der Waals surface area contributed by atoms with Crippen LogP contribution in [0.4, 0.5) is 0 Å². The van der Waals surface area contributed by atoms with Crippen LogP contribution in [-0.2, 0) is 16.0 Å². The van der Waals surface area contributed by atoms with Gasteiger partial charge in [0, 0.05) is 23.5 Å². The average molecular weight is 338 g/mol. The molecule has 0 saturated heterocycles. The number of aliphatic hydroxyl groups is 1. The summed E-state index contributed by atoms with van der Waals surface area (Å²) in [7, 11) is 0. The van der Waals surface area contributed by atoms with Gasteiger partial charge in [-0.1, -0.05) is 48.5 Å². The highest BCUT2D eigenvalue weighted by Gasteiger charge is 2.25. The molecule has 0 radical (unpaired) electrons. The number of carboxylic acid groups (broad SMARTS) is 1. The number of aromatic nitrogens is 1. The van der Waals surface area contributed by atoms with Crippen LogP contribution in [0, 0.1) is 0 Å². The Morgan fingerprint density at radius 3 is 2.44 bits per heavy atom. The van der Waals surface area contributed by atoms with Crippen molar-refractivity contribution in [2.75, 3.05) is 0 Å². The maximum atomic E-state index is 12.2. The molecule has 128 valence electrons. The third kappa shape index (κ3) is 3.70. The Labute approximate surface area is 144 Å². The van der Waals surface area contributed by atoms with E-state index in [1.165, 1.54) is 0 Å². The summed E-state index contributed by atoms with van der Waals surface area (Å²) in [6.07, 6.45) is 0.443. The second kappa shape index (κ2) is 7.19. The van der Waals surface area contributed by atoms with Crippen molar-refractivity contribution in [3.63, 3.8) is 0 Å². The molecule has 1 aromatic heterocycles. The van der Waals surface area contributed by atoms with Gasteiger partial charge >= 0.3 is 5.97 Å². The minimum atomic E-state index is -1.41. The Morgan fingerprint density at radius 2 is 1.72 bits per heavy atom. The molecule has 6 nitrogen and oxygen atoms in total. The molecule has 0 aliphatic heterocycles. The van der Waals surface area contributed by atoms with Gasteiger partial charge in [-0.25, -0.2) is 4.79 Å². The van der Waals surface area contributed by atoms with Gasteiger partial charge < -0.3 is 20.5 Å². The van der Waals surface area contributed by atoms with Gasteiger partial charge in [-0.2, -0.15) is 0 Å². The molecular weight excluding hydrogens is 320 g/mol. The number of carbonyl (C=O) groups excluding carboxylic acids is 1. The van der Waals surface area contributed by atoms with Crippen molar-refractivity contribution in [1.29, 1.82) is 0 Å². The summed E-state index contributed by atoms with van der Waals surface area (Å²) in [6, 6.07) is 14.8. The summed E-state index contributed by atoms with van der Waals surface area (Å²) in [5.74, 6) is -1.89. The molecule has 2 aromatic carbocycles. The van der Waals surface area contributed by atoms with E-state index in [1.54, 1.807) is 36.5 Å². The second-order valence-electron chi connectivity index (χ2n) is 5.78. The number of H-pyrrole nitrogens is 1. The summed E-state index contributed by atoms with van der Waals surface area (Å²) in [6.45, 7) is 0. The maximum absolute atomic E-state index is 12.2. The fraction of sp³-hybridized carbons (Fsp3) is 0.158. The van der Waals surface area contributed by atoms with Gasteiger partial charge in [-0.05, 0) is 17.2 Å². The molecule has 1 heterocycles. The Morgan fingerprint density at radius 1 is 1.04 bits per heavy atom. The number of para-hydroxylation sites is 1. The van der Waals surface area contributed by atoms with Crippen LogP contribution in [0.5, 0.6) is 0 Å². The van der Waals surface area contributed by atoms with Gasteiger partial charge in [-0.3, -0.25) is 4.79 Å². The largest absolute Gasteiger partial charge is 0.480 e. The number of nitrogens with one attached hydrogen (secondary N) is 2. The molecule has 0 aliphatic carbocycles. The zero-order chi connectivity index (χ0) is 17.8. The second-order valence-corrected chi connectivity index (χ2v) is 5.78. The number of aromatic amines is 1. The zero-order valence-corrected chi connectivity index (χ0v) is 13.3. The number of amides is 1. The summed E-state index contributed by atoms with van der Waals surface area (Å²) in [5.41, 5.74) is 2.10. The van der Waals surface area contributed by atoms with Gasteiger partial charge in [0.05, 0.1) is 0 Å². The first-order valence-electron chi connectivity index (χ1n) is 7.87. The number of hydrogen-bond donors (Lipinski definition) is 4. The van der Waals surface area contributed by atoms with E-state index in [9.17, 15) is 19.8 Å². The lowest BCUT2D eigenvalue weighted by atomic mass is 10.0. The maximum Gasteiger partial charge on any atom is 0.326 e. The van der Waals surface area contributed by atoms with Crippen molar-refractivity contribution in [1.82, 2.24) is 10.3 Å². The minimum absolute atomic E-state index is 0.118. The van der Waals surface area contributed by atoms with Crippen LogP contribution in [0.2, 0.25) is 0 Å². The predicted octanol–water partition coefficient (Wildman–Crippen LogP) is 2.01. The van der Waals surface area contributed by atoms with E-state index < -0.39 is 24.0 Å². The highest BCUT2D eigenvalue weighted by atomic mass is 16.4. The van der Waals surface area contributed by atoms with Crippen molar-refractivity contribution in [3.05, 3.63) is 71.9 Å². The molecule has 1 amide bonds. The Kier molecular flexibility index (Phi) is 4.81. The van der Waals surface area contributed by atoms with Crippen LogP contribution in [0.15, 0.2) is 60.8 Å². The number of carbonyl (C=O) groups is 2. The first-order chi connectivity index (χ1) is 12.1. The van der Waals surface area contributed by atoms with E-state index in [0.29, 0.717) is 5.56 Å². The molecular formula is C19H18N2O4. The summed E-state index contributed by atoms with van der Waals surface area (Å²) in [4.78, 5) is 26.8. The number of aliphatic carboxylic acids is 1. The summed E-state index contributed by atoms with van der Waals surface area (Å²) >= 11 is 0. The lowest BCUT2D eigenvalue weighted by Crippen LogP contribution is -2.44. The van der Waals surface area contributed by atoms with E-state index in [1.807, 2.05) is 24.3 Å². The molecule has 25 heavy (non-hydrogen) atoms. The Bertz CT molecular complexity index is 889. The normalized spacial score (nSPS) is 13.3. The molecule has 0 spiro atoms. The Hall–Kier alpha value is -3.12. The fourth-order valence-corrected chi connectivity index (χ4v) is 2.76. The minimum Gasteiger partial charge on any atom is -0.480 e. The molecule has 0 fully saturated rings. The number of hydrogen-bond acceptors (Lipinski definition) is 3. The van der Waals surface area contributed by atoms with Crippen molar-refractivity contribution in [3.8, 4) is 0 Å². The fourth-order valence-electron chi connectivity index (χ4n) is 2.76. The van der Waals surface area contributed by atoms with Gasteiger partial charge in [0.25, 0.3) is 5.91 Å². The first kappa shape index (κ1) is 16.7. The quantitative estimate of drug-likeness (QED) is 0.552. The molecule has 0 unspecified atom stereocenters. The highest BCUT2D eigenvalue weighted by Crippen LogP contribution is 2.19. The van der Waals surface area contributed by atoms with E-state index in [4.69, 9.17) is 0 Å². The standard InChI is InChI=1S/C19H18N2O4/c22-17(12-6-2-1-3-7-12)18(23)21-16(19(24)25)10-13-11-20-15-9-5-4-8-14(13)15/h1-9,11,16-17,20,22H,10H2,(H,21,23)(H,24,25)/t16-,17-/m0/s1. The van der Waals surface area contributed by atoms with Crippen molar-refractivity contribution in [2.45, 2.75) is 18.6 Å². The van der Waals surface area contributed by atoms with Crippen LogP contribution >= 0.6 is 0 Å². The zero-order valence-electron chi connectivity index (χ0n) is 13.3. The lowest BCUT2D eigenvalue weighted by Gasteiger charge is -2.17. The van der Waals surface area contributed by atoms with Gasteiger partial charge in [0.1, 0.15) is 6.04 Å². The molecule has 0 bridgehead atoms. The highest BCUT2D eigenvalue weighted by molar-refractivity contribution is 5.88. The van der Waals surface area contributed by atoms with Crippen LogP contribution in [0.3, 0.4) is 0 Å². The number of carboxylic acids is 1. The number of aliphatic hydroxyl groups excluding tert-OH is 1. The van der Waals surface area contributed by atoms with Crippen LogP contribution in [0.25, 0.3) is 10.9 Å². The predicted molar refractivity (Wildman–Crippen MR) is 93.0 cm³/mol. The van der Waals surface area contributed by atoms with Crippen molar-refractivity contribution >= 4 is 22.8 Å². The molecule has 6 heteroatoms. The Balaban J connectivity index is 1.75. The first-order valence-corrected chi connectivity index (χ1v) is 7.87. The molecule has 0 saturated carbocycles.